The Balaban J connectivity index is 1.80. The van der Waals surface area contributed by atoms with Crippen molar-refractivity contribution in [3.63, 3.8) is 0 Å². The summed E-state index contributed by atoms with van der Waals surface area (Å²) in [7, 11) is 0. The van der Waals surface area contributed by atoms with E-state index in [0.29, 0.717) is 19.5 Å². The largest absolute Gasteiger partial charge is 0.478 e. The number of carboxylic acid groups (broad SMARTS) is 1. The Labute approximate surface area is 133 Å². The van der Waals surface area contributed by atoms with E-state index in [-0.39, 0.29) is 5.56 Å². The predicted molar refractivity (Wildman–Crippen MR) is 81.5 cm³/mol. The van der Waals surface area contributed by atoms with E-state index in [2.05, 4.69) is 21.9 Å². The fraction of sp³-hybridized carbons (Fsp3) is 0.438. The summed E-state index contributed by atoms with van der Waals surface area (Å²) in [4.78, 5) is 17.7. The third-order valence-electron chi connectivity index (χ3n) is 4.11. The normalized spacial score (nSPS) is 14.7. The third-order valence-corrected chi connectivity index (χ3v) is 4.11. The lowest BCUT2D eigenvalue weighted by molar-refractivity contribution is 0.0693. The van der Waals surface area contributed by atoms with E-state index in [0.717, 1.165) is 42.5 Å². The summed E-state index contributed by atoms with van der Waals surface area (Å²) in [6.07, 6.45) is 3.12. The number of rotatable bonds is 5. The van der Waals surface area contributed by atoms with Gasteiger partial charge in [0.15, 0.2) is 0 Å². The first-order valence-electron chi connectivity index (χ1n) is 7.72. The van der Waals surface area contributed by atoms with Crippen LogP contribution in [0.4, 0.5) is 4.39 Å². The molecule has 0 saturated carbocycles. The van der Waals surface area contributed by atoms with Gasteiger partial charge in [-0.15, -0.1) is 0 Å². The van der Waals surface area contributed by atoms with Crippen LogP contribution in [0.25, 0.3) is 0 Å². The van der Waals surface area contributed by atoms with Crippen LogP contribution in [-0.4, -0.2) is 37.3 Å². The monoisotopic (exact) mass is 318 g/mol. The molecule has 2 heterocycles. The molecule has 0 unspecified atom stereocenters. The molecule has 1 N–H and O–H groups in total. The van der Waals surface area contributed by atoms with Gasteiger partial charge in [0.25, 0.3) is 0 Å². The van der Waals surface area contributed by atoms with Crippen LogP contribution < -0.4 is 0 Å². The SMILES string of the molecule is CCCn1ncnc1CN1CCc2c(cc(F)cc2C(=O)O)C1. The summed E-state index contributed by atoms with van der Waals surface area (Å²) in [6, 6.07) is 2.54. The number of aryl methyl sites for hydroxylation is 1. The van der Waals surface area contributed by atoms with Crippen LogP contribution in [0.2, 0.25) is 0 Å². The Morgan fingerprint density at radius 1 is 1.43 bits per heavy atom. The van der Waals surface area contributed by atoms with Crippen LogP contribution in [0.5, 0.6) is 0 Å². The number of carboxylic acids is 1. The second kappa shape index (κ2) is 6.45. The van der Waals surface area contributed by atoms with E-state index in [1.807, 2.05) is 4.68 Å². The summed E-state index contributed by atoms with van der Waals surface area (Å²) in [5.74, 6) is -0.695. The van der Waals surface area contributed by atoms with Crippen molar-refractivity contribution in [3.05, 3.63) is 46.8 Å². The van der Waals surface area contributed by atoms with E-state index in [4.69, 9.17) is 0 Å². The van der Waals surface area contributed by atoms with Crippen LogP contribution in [0.1, 0.15) is 40.7 Å². The number of benzene rings is 1. The maximum absolute atomic E-state index is 13.7. The van der Waals surface area contributed by atoms with Crippen molar-refractivity contribution in [1.82, 2.24) is 19.7 Å². The van der Waals surface area contributed by atoms with Crippen LogP contribution in [0.3, 0.4) is 0 Å². The molecule has 23 heavy (non-hydrogen) atoms. The number of carbonyl (C=O) groups is 1. The summed E-state index contributed by atoms with van der Waals surface area (Å²) in [5, 5.41) is 13.4. The summed E-state index contributed by atoms with van der Waals surface area (Å²) in [6.45, 7) is 4.76. The van der Waals surface area contributed by atoms with E-state index >= 15 is 0 Å². The number of hydrogen-bond acceptors (Lipinski definition) is 4. The maximum atomic E-state index is 13.7. The third kappa shape index (κ3) is 3.24. The molecular weight excluding hydrogens is 299 g/mol. The molecular formula is C16H19FN4O2. The van der Waals surface area contributed by atoms with Crippen molar-refractivity contribution in [1.29, 1.82) is 0 Å². The minimum Gasteiger partial charge on any atom is -0.478 e. The first-order chi connectivity index (χ1) is 11.1. The van der Waals surface area contributed by atoms with Crippen LogP contribution in [0, 0.1) is 5.82 Å². The zero-order valence-corrected chi connectivity index (χ0v) is 13.0. The van der Waals surface area contributed by atoms with E-state index in [1.165, 1.54) is 6.07 Å². The second-order valence-corrected chi connectivity index (χ2v) is 5.76. The van der Waals surface area contributed by atoms with Gasteiger partial charge in [-0.2, -0.15) is 5.10 Å². The highest BCUT2D eigenvalue weighted by molar-refractivity contribution is 5.90. The molecule has 1 aliphatic heterocycles. The maximum Gasteiger partial charge on any atom is 0.336 e. The average molecular weight is 318 g/mol. The van der Waals surface area contributed by atoms with Gasteiger partial charge in [-0.3, -0.25) is 4.90 Å². The van der Waals surface area contributed by atoms with E-state index in [9.17, 15) is 14.3 Å². The van der Waals surface area contributed by atoms with Gasteiger partial charge in [0.1, 0.15) is 18.0 Å². The van der Waals surface area contributed by atoms with E-state index in [1.54, 1.807) is 6.33 Å². The minimum atomic E-state index is -1.07. The van der Waals surface area contributed by atoms with Crippen molar-refractivity contribution in [2.45, 2.75) is 39.4 Å². The zero-order chi connectivity index (χ0) is 16.4. The molecule has 0 bridgehead atoms. The molecule has 0 amide bonds. The van der Waals surface area contributed by atoms with Gasteiger partial charge in [-0.05, 0) is 36.1 Å². The van der Waals surface area contributed by atoms with Crippen LogP contribution in [-0.2, 0) is 26.1 Å². The van der Waals surface area contributed by atoms with Gasteiger partial charge in [0.2, 0.25) is 0 Å². The van der Waals surface area contributed by atoms with Crippen molar-refractivity contribution in [2.75, 3.05) is 6.54 Å². The van der Waals surface area contributed by atoms with Gasteiger partial charge in [-0.25, -0.2) is 18.9 Å². The molecule has 122 valence electrons. The number of aromatic nitrogens is 3. The second-order valence-electron chi connectivity index (χ2n) is 5.76. The number of fused-ring (bicyclic) bond motifs is 1. The molecule has 3 rings (SSSR count). The number of aromatic carboxylic acids is 1. The molecule has 1 aromatic carbocycles. The van der Waals surface area contributed by atoms with Crippen molar-refractivity contribution >= 4 is 5.97 Å². The van der Waals surface area contributed by atoms with Gasteiger partial charge >= 0.3 is 5.97 Å². The molecule has 0 spiro atoms. The summed E-state index contributed by atoms with van der Waals surface area (Å²) < 4.78 is 15.6. The Kier molecular flexibility index (Phi) is 4.38. The van der Waals surface area contributed by atoms with Crippen molar-refractivity contribution < 1.29 is 14.3 Å². The molecule has 0 fully saturated rings. The molecule has 6 nitrogen and oxygen atoms in total. The quantitative estimate of drug-likeness (QED) is 0.914. The highest BCUT2D eigenvalue weighted by Crippen LogP contribution is 2.25. The number of nitrogens with zero attached hydrogens (tertiary/aromatic N) is 4. The lowest BCUT2D eigenvalue weighted by Crippen LogP contribution is -2.32. The topological polar surface area (TPSA) is 71.2 Å². The average Bonchev–Trinajstić information content (AvgIpc) is 2.93. The highest BCUT2D eigenvalue weighted by atomic mass is 19.1. The van der Waals surface area contributed by atoms with Crippen molar-refractivity contribution in [3.8, 4) is 0 Å². The zero-order valence-electron chi connectivity index (χ0n) is 13.0. The van der Waals surface area contributed by atoms with Crippen molar-refractivity contribution in [2.24, 2.45) is 0 Å². The fourth-order valence-corrected chi connectivity index (χ4v) is 3.05. The molecule has 1 aromatic heterocycles. The molecule has 0 aliphatic carbocycles. The highest BCUT2D eigenvalue weighted by Gasteiger charge is 2.23. The summed E-state index contributed by atoms with van der Waals surface area (Å²) in [5.41, 5.74) is 1.56. The fourth-order valence-electron chi connectivity index (χ4n) is 3.05. The van der Waals surface area contributed by atoms with Gasteiger partial charge in [0, 0.05) is 19.6 Å². The smallest absolute Gasteiger partial charge is 0.336 e. The Hall–Kier alpha value is -2.28. The molecule has 2 aromatic rings. The summed E-state index contributed by atoms with van der Waals surface area (Å²) >= 11 is 0. The lowest BCUT2D eigenvalue weighted by Gasteiger charge is -2.29. The number of halogens is 1. The van der Waals surface area contributed by atoms with Crippen LogP contribution >= 0.6 is 0 Å². The first-order valence-corrected chi connectivity index (χ1v) is 7.72. The van der Waals surface area contributed by atoms with E-state index < -0.39 is 11.8 Å². The first kappa shape index (κ1) is 15.6. The molecule has 1 aliphatic rings. The predicted octanol–water partition coefficient (Wildman–Crippen LogP) is 2.08. The molecule has 0 radical (unpaired) electrons. The lowest BCUT2D eigenvalue weighted by atomic mass is 9.94. The Morgan fingerprint density at radius 2 is 2.26 bits per heavy atom. The number of hydrogen-bond donors (Lipinski definition) is 1. The molecule has 0 saturated heterocycles. The van der Waals surface area contributed by atoms with Crippen LogP contribution in [0.15, 0.2) is 18.5 Å². The molecule has 0 atom stereocenters. The van der Waals surface area contributed by atoms with Gasteiger partial charge in [0.05, 0.1) is 12.1 Å². The standard InChI is InChI=1S/C16H19FN4O2/c1-2-4-21-15(18-10-19-21)9-20-5-3-13-11(8-20)6-12(17)7-14(13)16(22)23/h6-7,10H,2-5,8-9H2,1H3,(H,22,23). The van der Waals surface area contributed by atoms with Gasteiger partial charge < -0.3 is 5.11 Å². The van der Waals surface area contributed by atoms with Gasteiger partial charge in [-0.1, -0.05) is 6.92 Å². The Bertz CT molecular complexity index is 729. The molecule has 7 heteroatoms. The minimum absolute atomic E-state index is 0.0776. The Morgan fingerprint density at radius 3 is 3.00 bits per heavy atom.